The molecular formula is C7H8BrNO4S2. The average Bonchev–Trinajstić information content (AvgIpc) is 2.67. The first-order valence-corrected chi connectivity index (χ1v) is 7.39. The van der Waals surface area contributed by atoms with Gasteiger partial charge in [-0.3, -0.25) is 0 Å². The highest BCUT2D eigenvalue weighted by Crippen LogP contribution is 2.12. The zero-order valence-corrected chi connectivity index (χ0v) is 10.7. The predicted octanol–water partition coefficient (Wildman–Crippen LogP) is 1.56. The number of hydrogen-bond donors (Lipinski definition) is 1. The summed E-state index contributed by atoms with van der Waals surface area (Å²) in [6.07, 6.45) is -0.972. The number of rotatable bonds is 4. The smallest absolute Gasteiger partial charge is 0.421 e. The molecule has 1 amide bonds. The normalized spacial score (nSPS) is 11.0. The SMILES string of the molecule is O=C(NS(=O)(=O)c1ccsc1)OCCBr. The molecule has 1 heterocycles. The van der Waals surface area contributed by atoms with E-state index in [0.29, 0.717) is 5.33 Å². The summed E-state index contributed by atoms with van der Waals surface area (Å²) in [6.45, 7) is 0.116. The third-order valence-corrected chi connectivity index (χ3v) is 3.80. The summed E-state index contributed by atoms with van der Waals surface area (Å²) in [6, 6.07) is 1.41. The summed E-state index contributed by atoms with van der Waals surface area (Å²) in [7, 11) is -3.78. The Labute approximate surface area is 99.6 Å². The molecule has 0 aliphatic rings. The monoisotopic (exact) mass is 313 g/mol. The van der Waals surface area contributed by atoms with Crippen LogP contribution in [0.2, 0.25) is 0 Å². The number of ether oxygens (including phenoxy) is 1. The summed E-state index contributed by atoms with van der Waals surface area (Å²) in [5, 5.41) is 3.50. The van der Waals surface area contributed by atoms with Crippen molar-refractivity contribution in [3.63, 3.8) is 0 Å². The Morgan fingerprint density at radius 2 is 2.33 bits per heavy atom. The van der Waals surface area contributed by atoms with Crippen molar-refractivity contribution in [3.8, 4) is 0 Å². The summed E-state index contributed by atoms with van der Waals surface area (Å²) in [5.74, 6) is 0. The molecule has 1 aromatic rings. The highest BCUT2D eigenvalue weighted by Gasteiger charge is 2.18. The number of halogens is 1. The number of sulfonamides is 1. The quantitative estimate of drug-likeness (QED) is 0.856. The van der Waals surface area contributed by atoms with Crippen LogP contribution in [-0.4, -0.2) is 26.4 Å². The van der Waals surface area contributed by atoms with Crippen LogP contribution in [-0.2, 0) is 14.8 Å². The van der Waals surface area contributed by atoms with Crippen LogP contribution in [0, 0.1) is 0 Å². The second kappa shape index (κ2) is 5.47. The second-order valence-electron chi connectivity index (χ2n) is 2.39. The van der Waals surface area contributed by atoms with E-state index in [1.807, 2.05) is 0 Å². The summed E-state index contributed by atoms with van der Waals surface area (Å²) < 4.78 is 29.2. The summed E-state index contributed by atoms with van der Waals surface area (Å²) >= 11 is 4.28. The van der Waals surface area contributed by atoms with Crippen LogP contribution in [0.25, 0.3) is 0 Å². The van der Waals surface area contributed by atoms with Gasteiger partial charge in [0.25, 0.3) is 10.0 Å². The zero-order chi connectivity index (χ0) is 11.3. The van der Waals surface area contributed by atoms with Crippen LogP contribution in [0.4, 0.5) is 4.79 Å². The van der Waals surface area contributed by atoms with E-state index in [-0.39, 0.29) is 11.5 Å². The van der Waals surface area contributed by atoms with Crippen LogP contribution in [0.3, 0.4) is 0 Å². The van der Waals surface area contributed by atoms with Crippen molar-refractivity contribution in [2.24, 2.45) is 0 Å². The van der Waals surface area contributed by atoms with Crippen molar-refractivity contribution in [3.05, 3.63) is 16.8 Å². The lowest BCUT2D eigenvalue weighted by atomic mass is 10.7. The number of amides is 1. The maximum atomic E-state index is 11.4. The third-order valence-electron chi connectivity index (χ3n) is 1.33. The molecule has 0 radical (unpaired) electrons. The van der Waals surface area contributed by atoms with Crippen LogP contribution in [0.5, 0.6) is 0 Å². The summed E-state index contributed by atoms with van der Waals surface area (Å²) in [4.78, 5) is 11.0. The van der Waals surface area contributed by atoms with Crippen molar-refractivity contribution in [1.29, 1.82) is 0 Å². The highest BCUT2D eigenvalue weighted by molar-refractivity contribution is 9.09. The number of carbonyl (C=O) groups is 1. The molecule has 0 aliphatic heterocycles. The van der Waals surface area contributed by atoms with E-state index < -0.39 is 16.1 Å². The third kappa shape index (κ3) is 3.80. The van der Waals surface area contributed by atoms with Gasteiger partial charge in [-0.2, -0.15) is 11.3 Å². The Kier molecular flexibility index (Phi) is 4.55. The van der Waals surface area contributed by atoms with E-state index in [0.717, 1.165) is 0 Å². The van der Waals surface area contributed by atoms with E-state index in [2.05, 4.69) is 20.7 Å². The molecule has 0 aromatic carbocycles. The molecule has 8 heteroatoms. The van der Waals surface area contributed by atoms with Gasteiger partial charge in [-0.1, -0.05) is 15.9 Å². The van der Waals surface area contributed by atoms with Gasteiger partial charge in [0.05, 0.1) is 4.90 Å². The maximum Gasteiger partial charge on any atom is 0.421 e. The molecular weight excluding hydrogens is 306 g/mol. The summed E-state index contributed by atoms with van der Waals surface area (Å²) in [5.41, 5.74) is 0. The first-order chi connectivity index (χ1) is 7.06. The van der Waals surface area contributed by atoms with E-state index in [4.69, 9.17) is 0 Å². The van der Waals surface area contributed by atoms with E-state index >= 15 is 0 Å². The molecule has 0 unspecified atom stereocenters. The molecule has 15 heavy (non-hydrogen) atoms. The Morgan fingerprint density at radius 3 is 2.87 bits per heavy atom. The van der Waals surface area contributed by atoms with E-state index in [1.54, 1.807) is 10.1 Å². The average molecular weight is 314 g/mol. The van der Waals surface area contributed by atoms with Crippen molar-refractivity contribution >= 4 is 43.4 Å². The molecule has 1 rings (SSSR count). The number of carbonyl (C=O) groups excluding carboxylic acids is 1. The Hall–Kier alpha value is -0.600. The molecule has 1 aromatic heterocycles. The minimum absolute atomic E-state index is 0.0586. The van der Waals surface area contributed by atoms with Gasteiger partial charge in [-0.25, -0.2) is 17.9 Å². The van der Waals surface area contributed by atoms with Gasteiger partial charge >= 0.3 is 6.09 Å². The number of hydrogen-bond acceptors (Lipinski definition) is 5. The van der Waals surface area contributed by atoms with Gasteiger partial charge in [0, 0.05) is 10.7 Å². The van der Waals surface area contributed by atoms with Crippen molar-refractivity contribution in [2.75, 3.05) is 11.9 Å². The lowest BCUT2D eigenvalue weighted by molar-refractivity contribution is 0.160. The molecule has 0 bridgehead atoms. The van der Waals surface area contributed by atoms with Gasteiger partial charge in [0.2, 0.25) is 0 Å². The van der Waals surface area contributed by atoms with Gasteiger partial charge in [0.15, 0.2) is 0 Å². The van der Waals surface area contributed by atoms with Crippen LogP contribution in [0.1, 0.15) is 0 Å². The minimum Gasteiger partial charge on any atom is -0.448 e. The maximum absolute atomic E-state index is 11.4. The number of alkyl halides is 1. The minimum atomic E-state index is -3.78. The lowest BCUT2D eigenvalue weighted by Gasteiger charge is -2.05. The Bertz CT molecular complexity index is 414. The fourth-order valence-corrected chi connectivity index (χ4v) is 2.82. The number of nitrogens with one attached hydrogen (secondary N) is 1. The van der Waals surface area contributed by atoms with Crippen molar-refractivity contribution in [2.45, 2.75) is 4.90 Å². The van der Waals surface area contributed by atoms with Gasteiger partial charge < -0.3 is 4.74 Å². The van der Waals surface area contributed by atoms with E-state index in [9.17, 15) is 13.2 Å². The first-order valence-electron chi connectivity index (χ1n) is 3.84. The van der Waals surface area contributed by atoms with E-state index in [1.165, 1.54) is 22.8 Å². The molecule has 0 saturated heterocycles. The first kappa shape index (κ1) is 12.5. The molecule has 1 N–H and O–H groups in total. The largest absolute Gasteiger partial charge is 0.448 e. The molecule has 0 aliphatic carbocycles. The fraction of sp³-hybridized carbons (Fsp3) is 0.286. The van der Waals surface area contributed by atoms with Crippen LogP contribution >= 0.6 is 27.3 Å². The molecule has 0 fully saturated rings. The standard InChI is InChI=1S/C7H8BrNO4S2/c8-2-3-13-7(10)9-15(11,12)6-1-4-14-5-6/h1,4-5H,2-3H2,(H,9,10). The topological polar surface area (TPSA) is 72.5 Å². The zero-order valence-electron chi connectivity index (χ0n) is 7.47. The molecule has 0 spiro atoms. The number of thiophene rings is 1. The molecule has 0 saturated carbocycles. The van der Waals surface area contributed by atoms with Gasteiger partial charge in [-0.15, -0.1) is 0 Å². The van der Waals surface area contributed by atoms with Crippen LogP contribution < -0.4 is 4.72 Å². The van der Waals surface area contributed by atoms with Gasteiger partial charge in [0.1, 0.15) is 6.61 Å². The molecule has 84 valence electrons. The fourth-order valence-electron chi connectivity index (χ4n) is 0.734. The predicted molar refractivity (Wildman–Crippen MR) is 59.8 cm³/mol. The van der Waals surface area contributed by atoms with Crippen molar-refractivity contribution in [1.82, 2.24) is 4.72 Å². The Balaban J connectivity index is 2.62. The lowest BCUT2D eigenvalue weighted by Crippen LogP contribution is -2.31. The van der Waals surface area contributed by atoms with Crippen molar-refractivity contribution < 1.29 is 17.9 Å². The molecule has 0 atom stereocenters. The van der Waals surface area contributed by atoms with Crippen LogP contribution in [0.15, 0.2) is 21.7 Å². The highest BCUT2D eigenvalue weighted by atomic mass is 79.9. The second-order valence-corrected chi connectivity index (χ2v) is 5.64. The van der Waals surface area contributed by atoms with Gasteiger partial charge in [-0.05, 0) is 11.4 Å². The Morgan fingerprint density at radius 1 is 1.60 bits per heavy atom. The molecule has 5 nitrogen and oxygen atoms in total.